The molecule has 0 saturated heterocycles. The highest BCUT2D eigenvalue weighted by molar-refractivity contribution is 7.92. The molecule has 0 bridgehead atoms. The zero-order valence-corrected chi connectivity index (χ0v) is 22.0. The average molecular weight is 526 g/mol. The van der Waals surface area contributed by atoms with E-state index in [-0.39, 0.29) is 18.5 Å². The molecule has 0 aliphatic heterocycles. The van der Waals surface area contributed by atoms with Crippen molar-refractivity contribution in [3.63, 3.8) is 0 Å². The van der Waals surface area contributed by atoms with Crippen molar-refractivity contribution in [3.05, 3.63) is 101 Å². The number of aryl methyl sites for hydroxylation is 1. The Bertz CT molecular complexity index is 1310. The molecule has 0 saturated carbocycles. The van der Waals surface area contributed by atoms with Gasteiger partial charge in [0.05, 0.1) is 11.9 Å². The fraction of sp³-hybridized carbons (Fsp3) is 0.286. The number of hydrogen-bond donors (Lipinski definition) is 1. The van der Waals surface area contributed by atoms with Gasteiger partial charge >= 0.3 is 0 Å². The Balaban J connectivity index is 2.04. The van der Waals surface area contributed by atoms with Gasteiger partial charge in [-0.3, -0.25) is 13.9 Å². The Morgan fingerprint density at radius 3 is 2.16 bits per heavy atom. The smallest absolute Gasteiger partial charge is 0.244 e. The van der Waals surface area contributed by atoms with E-state index < -0.39 is 40.2 Å². The summed E-state index contributed by atoms with van der Waals surface area (Å²) in [6, 6.07) is 21.0. The Labute approximate surface area is 218 Å². The summed E-state index contributed by atoms with van der Waals surface area (Å²) in [7, 11) is -3.84. The quantitative estimate of drug-likeness (QED) is 0.414. The summed E-state index contributed by atoms with van der Waals surface area (Å²) in [6.45, 7) is 3.23. The SMILES string of the molecule is CCNC(=O)[C@@H](Cc1ccccc1)N(Cc1ccccc1F)C(=O)CN(c1ccc(C)cc1)S(C)(=O)=O. The van der Waals surface area contributed by atoms with Gasteiger partial charge in [-0.2, -0.15) is 0 Å². The van der Waals surface area contributed by atoms with E-state index in [2.05, 4.69) is 5.32 Å². The fourth-order valence-electron chi connectivity index (χ4n) is 3.98. The molecule has 0 spiro atoms. The van der Waals surface area contributed by atoms with Crippen LogP contribution in [0.25, 0.3) is 0 Å². The molecule has 9 heteroatoms. The number of halogens is 1. The molecule has 2 amide bonds. The highest BCUT2D eigenvalue weighted by Crippen LogP contribution is 2.21. The van der Waals surface area contributed by atoms with Crippen LogP contribution in [0.4, 0.5) is 10.1 Å². The van der Waals surface area contributed by atoms with Gasteiger partial charge in [0.1, 0.15) is 18.4 Å². The second-order valence-corrected chi connectivity index (χ2v) is 10.7. The predicted octanol–water partition coefficient (Wildman–Crippen LogP) is 3.68. The van der Waals surface area contributed by atoms with E-state index >= 15 is 0 Å². The third kappa shape index (κ3) is 7.63. The number of carbonyl (C=O) groups excluding carboxylic acids is 2. The lowest BCUT2D eigenvalue weighted by Gasteiger charge is -2.33. The van der Waals surface area contributed by atoms with Crippen LogP contribution in [0.2, 0.25) is 0 Å². The summed E-state index contributed by atoms with van der Waals surface area (Å²) in [5, 5.41) is 2.76. The van der Waals surface area contributed by atoms with Crippen molar-refractivity contribution >= 4 is 27.5 Å². The van der Waals surface area contributed by atoms with Gasteiger partial charge in [-0.05, 0) is 37.6 Å². The Hall–Kier alpha value is -3.72. The first-order valence-electron chi connectivity index (χ1n) is 12.0. The molecule has 0 unspecified atom stereocenters. The molecule has 3 aromatic rings. The van der Waals surface area contributed by atoms with Crippen molar-refractivity contribution in [1.82, 2.24) is 10.2 Å². The predicted molar refractivity (Wildman–Crippen MR) is 143 cm³/mol. The van der Waals surface area contributed by atoms with Crippen LogP contribution in [0, 0.1) is 12.7 Å². The van der Waals surface area contributed by atoms with Crippen LogP contribution in [0.1, 0.15) is 23.6 Å². The molecule has 0 aromatic heterocycles. The summed E-state index contributed by atoms with van der Waals surface area (Å²) >= 11 is 0. The number of sulfonamides is 1. The van der Waals surface area contributed by atoms with Crippen molar-refractivity contribution in [2.24, 2.45) is 0 Å². The number of amides is 2. The first-order valence-corrected chi connectivity index (χ1v) is 13.8. The van der Waals surface area contributed by atoms with E-state index in [0.717, 1.165) is 21.7 Å². The topological polar surface area (TPSA) is 86.8 Å². The third-order valence-corrected chi connectivity index (χ3v) is 7.06. The van der Waals surface area contributed by atoms with E-state index in [0.29, 0.717) is 12.2 Å². The highest BCUT2D eigenvalue weighted by atomic mass is 32.2. The average Bonchev–Trinajstić information content (AvgIpc) is 2.86. The van der Waals surface area contributed by atoms with Crippen LogP contribution >= 0.6 is 0 Å². The summed E-state index contributed by atoms with van der Waals surface area (Å²) in [5.41, 5.74) is 2.29. The van der Waals surface area contributed by atoms with Crippen LogP contribution < -0.4 is 9.62 Å². The Morgan fingerprint density at radius 1 is 0.946 bits per heavy atom. The van der Waals surface area contributed by atoms with E-state index in [1.807, 2.05) is 37.3 Å². The number of hydrogen-bond acceptors (Lipinski definition) is 4. The fourth-order valence-corrected chi connectivity index (χ4v) is 4.83. The van der Waals surface area contributed by atoms with Crippen molar-refractivity contribution < 1.29 is 22.4 Å². The summed E-state index contributed by atoms with van der Waals surface area (Å²) < 4.78 is 41.1. The molecule has 0 heterocycles. The van der Waals surface area contributed by atoms with Crippen molar-refractivity contribution in [2.75, 3.05) is 23.7 Å². The molecule has 37 heavy (non-hydrogen) atoms. The van der Waals surface area contributed by atoms with Crippen LogP contribution in [0.5, 0.6) is 0 Å². The molecule has 0 fully saturated rings. The zero-order valence-electron chi connectivity index (χ0n) is 21.2. The summed E-state index contributed by atoms with van der Waals surface area (Å²) in [4.78, 5) is 28.3. The molecule has 7 nitrogen and oxygen atoms in total. The van der Waals surface area contributed by atoms with E-state index in [1.54, 1.807) is 49.4 Å². The van der Waals surface area contributed by atoms with Crippen molar-refractivity contribution in [2.45, 2.75) is 32.9 Å². The molecule has 3 rings (SSSR count). The lowest BCUT2D eigenvalue weighted by atomic mass is 10.0. The van der Waals surface area contributed by atoms with Crippen LogP contribution in [-0.4, -0.2) is 50.5 Å². The second-order valence-electron chi connectivity index (χ2n) is 8.82. The number of likely N-dealkylation sites (N-methyl/N-ethyl adjacent to an activating group) is 1. The molecule has 196 valence electrons. The van der Waals surface area contributed by atoms with Gasteiger partial charge in [0.15, 0.2) is 0 Å². The number of benzene rings is 3. The van der Waals surface area contributed by atoms with Crippen LogP contribution in [-0.2, 0) is 32.6 Å². The molecule has 3 aromatic carbocycles. The maximum absolute atomic E-state index is 14.7. The number of carbonyl (C=O) groups is 2. The summed E-state index contributed by atoms with van der Waals surface area (Å²) in [6.07, 6.45) is 1.20. The molecule has 0 radical (unpaired) electrons. The van der Waals surface area contributed by atoms with Gasteiger partial charge in [0.25, 0.3) is 0 Å². The lowest BCUT2D eigenvalue weighted by molar-refractivity contribution is -0.140. The normalized spacial score (nSPS) is 12.0. The van der Waals surface area contributed by atoms with Crippen molar-refractivity contribution in [1.29, 1.82) is 0 Å². The van der Waals surface area contributed by atoms with Gasteiger partial charge in [-0.1, -0.05) is 66.2 Å². The maximum Gasteiger partial charge on any atom is 0.244 e. The number of anilines is 1. The van der Waals surface area contributed by atoms with Crippen LogP contribution in [0.3, 0.4) is 0 Å². The number of rotatable bonds is 11. The largest absolute Gasteiger partial charge is 0.355 e. The van der Waals surface area contributed by atoms with Crippen molar-refractivity contribution in [3.8, 4) is 0 Å². The molecular formula is C28H32FN3O4S. The minimum atomic E-state index is -3.84. The highest BCUT2D eigenvalue weighted by Gasteiger charge is 2.33. The minimum absolute atomic E-state index is 0.177. The van der Waals surface area contributed by atoms with Gasteiger partial charge in [-0.15, -0.1) is 0 Å². The molecule has 1 atom stereocenters. The number of nitrogens with one attached hydrogen (secondary N) is 1. The van der Waals surface area contributed by atoms with E-state index in [9.17, 15) is 22.4 Å². The Kier molecular flexibility index (Phi) is 9.41. The first-order chi connectivity index (χ1) is 17.6. The van der Waals surface area contributed by atoms with Crippen LogP contribution in [0.15, 0.2) is 78.9 Å². The van der Waals surface area contributed by atoms with Gasteiger partial charge in [0.2, 0.25) is 21.8 Å². The lowest BCUT2D eigenvalue weighted by Crippen LogP contribution is -2.53. The Morgan fingerprint density at radius 2 is 1.57 bits per heavy atom. The van der Waals surface area contributed by atoms with E-state index in [1.165, 1.54) is 11.0 Å². The first kappa shape index (κ1) is 27.9. The van der Waals surface area contributed by atoms with Gasteiger partial charge in [0, 0.05) is 25.1 Å². The molecule has 0 aliphatic carbocycles. The zero-order chi connectivity index (χ0) is 27.0. The molecular weight excluding hydrogens is 493 g/mol. The standard InChI is InChI=1S/C28H32FN3O4S/c1-4-30-28(34)26(18-22-10-6-5-7-11-22)31(19-23-12-8-9-13-25(23)29)27(33)20-32(37(3,35)36)24-16-14-21(2)15-17-24/h5-17,26H,4,18-20H2,1-3H3,(H,30,34)/t26-/m1/s1. The monoisotopic (exact) mass is 525 g/mol. The van der Waals surface area contributed by atoms with Gasteiger partial charge < -0.3 is 10.2 Å². The molecule has 0 aliphatic rings. The maximum atomic E-state index is 14.7. The second kappa shape index (κ2) is 12.5. The molecule has 1 N–H and O–H groups in total. The third-order valence-electron chi connectivity index (χ3n) is 5.92. The number of nitrogens with zero attached hydrogens (tertiary/aromatic N) is 2. The van der Waals surface area contributed by atoms with E-state index in [4.69, 9.17) is 0 Å². The minimum Gasteiger partial charge on any atom is -0.355 e. The summed E-state index contributed by atoms with van der Waals surface area (Å²) in [5.74, 6) is -1.55. The van der Waals surface area contributed by atoms with Gasteiger partial charge in [-0.25, -0.2) is 12.8 Å².